The van der Waals surface area contributed by atoms with Gasteiger partial charge < -0.3 is 9.47 Å². The highest BCUT2D eigenvalue weighted by Gasteiger charge is 2.34. The van der Waals surface area contributed by atoms with Gasteiger partial charge in [0.05, 0.1) is 16.9 Å². The van der Waals surface area contributed by atoms with Gasteiger partial charge in [-0.05, 0) is 41.1 Å². The third kappa shape index (κ3) is 4.69. The monoisotopic (exact) mass is 426 g/mol. The van der Waals surface area contributed by atoms with Crippen molar-refractivity contribution < 1.29 is 24.0 Å². The van der Waals surface area contributed by atoms with Crippen LogP contribution in [0, 0.1) is 10.1 Å². The lowest BCUT2D eigenvalue weighted by molar-refractivity contribution is -0.384. The fraction of sp³-hybridized carbons (Fsp3) is 0.143. The molecule has 1 saturated heterocycles. The molecule has 30 heavy (non-hydrogen) atoms. The van der Waals surface area contributed by atoms with Crippen molar-refractivity contribution in [3.05, 3.63) is 81.3 Å². The fourth-order valence-corrected chi connectivity index (χ4v) is 3.60. The van der Waals surface area contributed by atoms with Crippen LogP contribution in [0.1, 0.15) is 11.1 Å². The topological polar surface area (TPSA) is 99.0 Å². The summed E-state index contributed by atoms with van der Waals surface area (Å²) in [4.78, 5) is 36.1. The molecule has 1 aliphatic rings. The molecule has 154 valence electrons. The standard InChI is InChI=1S/C21H18N2O6S/c1-3-9-22-20(24)19(30-21(22)25)12-14-7-8-17(18(11-14)28-2)29-13-15-5-4-6-16(10-15)23(26)27/h3-8,10-12H,1,9,13H2,2H3. The number of hydrogen-bond acceptors (Lipinski definition) is 7. The Morgan fingerprint density at radius 1 is 1.20 bits per heavy atom. The van der Waals surface area contributed by atoms with Crippen molar-refractivity contribution in [1.82, 2.24) is 4.90 Å². The van der Waals surface area contributed by atoms with Crippen molar-refractivity contribution in [2.75, 3.05) is 13.7 Å². The second-order valence-electron chi connectivity index (χ2n) is 6.21. The molecule has 1 fully saturated rings. The molecule has 0 bridgehead atoms. The van der Waals surface area contributed by atoms with Crippen LogP contribution >= 0.6 is 11.8 Å². The highest BCUT2D eigenvalue weighted by molar-refractivity contribution is 8.18. The number of imide groups is 1. The molecule has 3 rings (SSSR count). The van der Waals surface area contributed by atoms with E-state index in [0.29, 0.717) is 27.5 Å². The SMILES string of the molecule is C=CCN1C(=O)SC(=Cc2ccc(OCc3cccc([N+](=O)[O-])c3)c(OC)c2)C1=O. The first kappa shape index (κ1) is 21.1. The fourth-order valence-electron chi connectivity index (χ4n) is 2.75. The van der Waals surface area contributed by atoms with E-state index < -0.39 is 4.92 Å². The van der Waals surface area contributed by atoms with Crippen LogP contribution in [-0.4, -0.2) is 34.6 Å². The average molecular weight is 426 g/mol. The Bertz CT molecular complexity index is 1050. The number of nitro benzene ring substituents is 1. The van der Waals surface area contributed by atoms with Gasteiger partial charge in [-0.25, -0.2) is 0 Å². The number of hydrogen-bond donors (Lipinski definition) is 0. The van der Waals surface area contributed by atoms with Crippen LogP contribution in [0.5, 0.6) is 11.5 Å². The van der Waals surface area contributed by atoms with E-state index in [0.717, 1.165) is 16.7 Å². The molecular weight excluding hydrogens is 408 g/mol. The number of nitrogens with zero attached hydrogens (tertiary/aromatic N) is 2. The zero-order valence-electron chi connectivity index (χ0n) is 16.1. The smallest absolute Gasteiger partial charge is 0.293 e. The maximum Gasteiger partial charge on any atom is 0.293 e. The number of amides is 2. The van der Waals surface area contributed by atoms with Gasteiger partial charge in [-0.15, -0.1) is 6.58 Å². The Kier molecular flexibility index (Phi) is 6.53. The number of benzene rings is 2. The Labute approximate surface area is 176 Å². The van der Waals surface area contributed by atoms with Crippen LogP contribution in [0.15, 0.2) is 60.0 Å². The summed E-state index contributed by atoms with van der Waals surface area (Å²) in [7, 11) is 1.48. The van der Waals surface area contributed by atoms with Gasteiger partial charge in [0.1, 0.15) is 6.61 Å². The van der Waals surface area contributed by atoms with Crippen molar-refractivity contribution >= 4 is 34.7 Å². The molecule has 0 aliphatic carbocycles. The first-order valence-corrected chi connectivity index (χ1v) is 9.65. The van der Waals surface area contributed by atoms with Crippen molar-refractivity contribution in [2.24, 2.45) is 0 Å². The summed E-state index contributed by atoms with van der Waals surface area (Å²) in [6.07, 6.45) is 3.11. The van der Waals surface area contributed by atoms with E-state index in [1.807, 2.05) is 0 Å². The second-order valence-corrected chi connectivity index (χ2v) is 7.20. The summed E-state index contributed by atoms with van der Waals surface area (Å²) < 4.78 is 11.1. The zero-order chi connectivity index (χ0) is 21.7. The third-order valence-corrected chi connectivity index (χ3v) is 5.09. The van der Waals surface area contributed by atoms with Crippen molar-refractivity contribution in [3.8, 4) is 11.5 Å². The number of carbonyl (C=O) groups excluding carboxylic acids is 2. The largest absolute Gasteiger partial charge is 0.493 e. The van der Waals surface area contributed by atoms with Gasteiger partial charge in [0.25, 0.3) is 16.8 Å². The molecule has 2 aromatic carbocycles. The molecule has 1 aliphatic heterocycles. The Morgan fingerprint density at radius 3 is 2.70 bits per heavy atom. The summed E-state index contributed by atoms with van der Waals surface area (Å²) in [5.74, 6) is 0.510. The minimum absolute atomic E-state index is 0.0104. The summed E-state index contributed by atoms with van der Waals surface area (Å²) in [5.41, 5.74) is 1.30. The third-order valence-electron chi connectivity index (χ3n) is 4.19. The lowest BCUT2D eigenvalue weighted by Crippen LogP contribution is -2.27. The molecule has 2 amide bonds. The van der Waals surface area contributed by atoms with Gasteiger partial charge in [0.15, 0.2) is 11.5 Å². The number of rotatable bonds is 8. The highest BCUT2D eigenvalue weighted by Crippen LogP contribution is 2.34. The minimum atomic E-state index is -0.463. The Balaban J connectivity index is 1.76. The molecule has 0 unspecified atom stereocenters. The van der Waals surface area contributed by atoms with Gasteiger partial charge in [0.2, 0.25) is 0 Å². The van der Waals surface area contributed by atoms with E-state index >= 15 is 0 Å². The van der Waals surface area contributed by atoms with E-state index in [1.54, 1.807) is 36.4 Å². The van der Waals surface area contributed by atoms with Crippen molar-refractivity contribution in [2.45, 2.75) is 6.61 Å². The average Bonchev–Trinajstić information content (AvgIpc) is 3.00. The van der Waals surface area contributed by atoms with Crippen LogP contribution < -0.4 is 9.47 Å². The van der Waals surface area contributed by atoms with E-state index in [4.69, 9.17) is 9.47 Å². The second kappa shape index (κ2) is 9.27. The van der Waals surface area contributed by atoms with Crippen molar-refractivity contribution in [1.29, 1.82) is 0 Å². The van der Waals surface area contributed by atoms with Crippen LogP contribution in [0.25, 0.3) is 6.08 Å². The molecule has 9 heteroatoms. The lowest BCUT2D eigenvalue weighted by Gasteiger charge is -2.11. The van der Waals surface area contributed by atoms with Crippen LogP contribution in [-0.2, 0) is 11.4 Å². The van der Waals surface area contributed by atoms with Crippen LogP contribution in [0.4, 0.5) is 10.5 Å². The first-order valence-electron chi connectivity index (χ1n) is 8.83. The molecule has 0 atom stereocenters. The molecular formula is C21H18N2O6S. The molecule has 2 aromatic rings. The summed E-state index contributed by atoms with van der Waals surface area (Å²) in [6, 6.07) is 11.3. The zero-order valence-corrected chi connectivity index (χ0v) is 16.9. The van der Waals surface area contributed by atoms with Crippen molar-refractivity contribution in [3.63, 3.8) is 0 Å². The molecule has 1 heterocycles. The lowest BCUT2D eigenvalue weighted by atomic mass is 10.1. The molecule has 0 spiro atoms. The molecule has 0 aromatic heterocycles. The van der Waals surface area contributed by atoms with Gasteiger partial charge in [-0.1, -0.05) is 24.3 Å². The summed E-state index contributed by atoms with van der Waals surface area (Å²) in [5, 5.41) is 10.6. The van der Waals surface area contributed by atoms with Gasteiger partial charge >= 0.3 is 0 Å². The molecule has 0 radical (unpaired) electrons. The quantitative estimate of drug-likeness (QED) is 0.267. The summed E-state index contributed by atoms with van der Waals surface area (Å²) in [6.45, 7) is 3.83. The number of non-ortho nitro benzene ring substituents is 1. The first-order chi connectivity index (χ1) is 14.4. The number of ether oxygens (including phenoxy) is 2. The molecule has 8 nitrogen and oxygen atoms in total. The molecule has 0 saturated carbocycles. The number of nitro groups is 1. The number of carbonyl (C=O) groups is 2. The van der Waals surface area contributed by atoms with Crippen LogP contribution in [0.2, 0.25) is 0 Å². The Morgan fingerprint density at radius 2 is 2.00 bits per heavy atom. The minimum Gasteiger partial charge on any atom is -0.493 e. The molecule has 0 N–H and O–H groups in total. The number of methoxy groups -OCH3 is 1. The van der Waals surface area contributed by atoms with Crippen LogP contribution in [0.3, 0.4) is 0 Å². The van der Waals surface area contributed by atoms with E-state index in [-0.39, 0.29) is 30.0 Å². The van der Waals surface area contributed by atoms with Gasteiger partial charge in [-0.3, -0.25) is 24.6 Å². The van der Waals surface area contributed by atoms with E-state index in [1.165, 1.54) is 25.3 Å². The highest BCUT2D eigenvalue weighted by atomic mass is 32.2. The maximum absolute atomic E-state index is 12.3. The van der Waals surface area contributed by atoms with E-state index in [9.17, 15) is 19.7 Å². The predicted molar refractivity (Wildman–Crippen MR) is 113 cm³/mol. The summed E-state index contributed by atoms with van der Waals surface area (Å²) >= 11 is 0.869. The Hall–Kier alpha value is -3.59. The number of thioether (sulfide) groups is 1. The van der Waals surface area contributed by atoms with Gasteiger partial charge in [-0.2, -0.15) is 0 Å². The predicted octanol–water partition coefficient (Wildman–Crippen LogP) is 4.40. The maximum atomic E-state index is 12.3. The normalized spacial score (nSPS) is 14.8. The van der Waals surface area contributed by atoms with E-state index in [2.05, 4.69) is 6.58 Å². The van der Waals surface area contributed by atoms with Gasteiger partial charge in [0, 0.05) is 18.7 Å².